The van der Waals surface area contributed by atoms with Gasteiger partial charge in [0.25, 0.3) is 0 Å². The zero-order valence-corrected chi connectivity index (χ0v) is 10.3. The Balaban J connectivity index is 2.73. The van der Waals surface area contributed by atoms with Crippen LogP contribution in [0.1, 0.15) is 32.6 Å². The van der Waals surface area contributed by atoms with Gasteiger partial charge in [-0.3, -0.25) is 4.79 Å². The molecule has 0 aliphatic carbocycles. The van der Waals surface area contributed by atoms with Crippen LogP contribution < -0.4 is 5.73 Å². The Labute approximate surface area is 101 Å². The highest BCUT2D eigenvalue weighted by Crippen LogP contribution is 2.23. The summed E-state index contributed by atoms with van der Waals surface area (Å²) in [6.45, 7) is 2.81. The van der Waals surface area contributed by atoms with Crippen LogP contribution in [0.3, 0.4) is 0 Å². The fourth-order valence-corrected chi connectivity index (χ4v) is 2.09. The van der Waals surface area contributed by atoms with E-state index in [0.717, 1.165) is 19.4 Å². The number of ether oxygens (including phenoxy) is 1. The normalized spacial score (nSPS) is 21.9. The monoisotopic (exact) mass is 241 g/mol. The molecule has 0 saturated carbocycles. The van der Waals surface area contributed by atoms with Crippen molar-refractivity contribution in [2.75, 3.05) is 13.7 Å². The number of urea groups is 1. The van der Waals surface area contributed by atoms with Gasteiger partial charge in [-0.25, -0.2) is 4.79 Å². The predicted octanol–water partition coefficient (Wildman–Crippen LogP) is 0.901. The number of carbonyl (C=O) groups is 2. The van der Waals surface area contributed by atoms with Crippen molar-refractivity contribution < 1.29 is 14.3 Å². The minimum absolute atomic E-state index is 0.0699. The standard InChI is InChI=1S/C11H19N3O3/c1-3-6-14-8(7-10(15)17-2)4-5-9(14)13-11(12)16/h8H,3-7H2,1-2H3,(H2,12,16)/b13-9+. The molecule has 1 rings (SSSR count). The van der Waals surface area contributed by atoms with Crippen LogP contribution in [0.25, 0.3) is 0 Å². The molecule has 2 N–H and O–H groups in total. The Bertz CT molecular complexity index is 328. The maximum Gasteiger partial charge on any atom is 0.339 e. The molecule has 0 aromatic rings. The number of hydrogen-bond acceptors (Lipinski definition) is 3. The van der Waals surface area contributed by atoms with Gasteiger partial charge in [0.1, 0.15) is 5.84 Å². The maximum atomic E-state index is 11.3. The summed E-state index contributed by atoms with van der Waals surface area (Å²) in [4.78, 5) is 27.8. The zero-order chi connectivity index (χ0) is 12.8. The first-order valence-electron chi connectivity index (χ1n) is 5.79. The van der Waals surface area contributed by atoms with Crippen LogP contribution in [0.4, 0.5) is 4.79 Å². The molecule has 1 aliphatic rings. The highest BCUT2D eigenvalue weighted by molar-refractivity contribution is 5.94. The molecule has 6 nitrogen and oxygen atoms in total. The number of aliphatic imine (C=N–C) groups is 1. The maximum absolute atomic E-state index is 11.3. The summed E-state index contributed by atoms with van der Waals surface area (Å²) in [6.07, 6.45) is 2.75. The van der Waals surface area contributed by atoms with Gasteiger partial charge in [-0.1, -0.05) is 6.92 Å². The van der Waals surface area contributed by atoms with Gasteiger partial charge in [0.2, 0.25) is 0 Å². The number of rotatable bonds is 4. The third-order valence-corrected chi connectivity index (χ3v) is 2.81. The average molecular weight is 241 g/mol. The number of carbonyl (C=O) groups excluding carboxylic acids is 2. The van der Waals surface area contributed by atoms with Crippen molar-refractivity contribution in [2.45, 2.75) is 38.6 Å². The number of esters is 1. The fraction of sp³-hybridized carbons (Fsp3) is 0.727. The first-order valence-corrected chi connectivity index (χ1v) is 5.79. The number of likely N-dealkylation sites (tertiary alicyclic amines) is 1. The van der Waals surface area contributed by atoms with Gasteiger partial charge < -0.3 is 15.4 Å². The Kier molecular flexibility index (Phi) is 4.93. The molecule has 0 radical (unpaired) electrons. The van der Waals surface area contributed by atoms with Gasteiger partial charge in [-0.15, -0.1) is 0 Å². The van der Waals surface area contributed by atoms with Crippen LogP contribution in [-0.2, 0) is 9.53 Å². The lowest BCUT2D eigenvalue weighted by atomic mass is 10.1. The van der Waals surface area contributed by atoms with Crippen molar-refractivity contribution in [3.63, 3.8) is 0 Å². The predicted molar refractivity (Wildman–Crippen MR) is 63.7 cm³/mol. The lowest BCUT2D eigenvalue weighted by Gasteiger charge is -2.25. The largest absolute Gasteiger partial charge is 0.469 e. The summed E-state index contributed by atoms with van der Waals surface area (Å²) < 4.78 is 4.66. The first-order chi connectivity index (χ1) is 8.08. The molecule has 2 amide bonds. The molecule has 6 heteroatoms. The molecule has 1 fully saturated rings. The number of nitrogens with two attached hydrogens (primary N) is 1. The lowest BCUT2D eigenvalue weighted by Crippen LogP contribution is -2.36. The molecule has 1 heterocycles. The van der Waals surface area contributed by atoms with Gasteiger partial charge >= 0.3 is 12.0 Å². The molecule has 0 aromatic heterocycles. The molecule has 96 valence electrons. The summed E-state index contributed by atoms with van der Waals surface area (Å²) >= 11 is 0. The quantitative estimate of drug-likeness (QED) is 0.741. The molecule has 0 aromatic carbocycles. The smallest absolute Gasteiger partial charge is 0.339 e. The van der Waals surface area contributed by atoms with Crippen LogP contribution >= 0.6 is 0 Å². The van der Waals surface area contributed by atoms with Gasteiger partial charge in [0.05, 0.1) is 13.5 Å². The van der Waals surface area contributed by atoms with E-state index in [0.29, 0.717) is 18.7 Å². The molecule has 0 bridgehead atoms. The Morgan fingerprint density at radius 2 is 2.29 bits per heavy atom. The van der Waals surface area contributed by atoms with Gasteiger partial charge in [0, 0.05) is 19.0 Å². The average Bonchev–Trinajstić information content (AvgIpc) is 2.62. The Hall–Kier alpha value is -1.59. The van der Waals surface area contributed by atoms with Crippen LogP contribution in [-0.4, -0.2) is 42.4 Å². The molecule has 17 heavy (non-hydrogen) atoms. The minimum Gasteiger partial charge on any atom is -0.469 e. The molecule has 1 unspecified atom stereocenters. The van der Waals surface area contributed by atoms with Crippen LogP contribution in [0.5, 0.6) is 0 Å². The number of hydrogen-bond donors (Lipinski definition) is 1. The van der Waals surface area contributed by atoms with Crippen molar-refractivity contribution in [3.05, 3.63) is 0 Å². The Morgan fingerprint density at radius 1 is 1.59 bits per heavy atom. The number of methoxy groups -OCH3 is 1. The van der Waals surface area contributed by atoms with E-state index in [2.05, 4.69) is 9.73 Å². The van der Waals surface area contributed by atoms with Gasteiger partial charge in [-0.05, 0) is 12.8 Å². The second-order valence-corrected chi connectivity index (χ2v) is 4.03. The summed E-state index contributed by atoms with van der Waals surface area (Å²) in [5, 5.41) is 0. The summed E-state index contributed by atoms with van der Waals surface area (Å²) in [5.74, 6) is 0.449. The highest BCUT2D eigenvalue weighted by atomic mass is 16.5. The topological polar surface area (TPSA) is 85.0 Å². The molecular weight excluding hydrogens is 222 g/mol. The number of amidine groups is 1. The van der Waals surface area contributed by atoms with E-state index in [1.807, 2.05) is 11.8 Å². The number of nitrogens with zero attached hydrogens (tertiary/aromatic N) is 2. The van der Waals surface area contributed by atoms with Crippen molar-refractivity contribution >= 4 is 17.8 Å². The summed E-state index contributed by atoms with van der Waals surface area (Å²) in [6, 6.07) is -0.611. The fourth-order valence-electron chi connectivity index (χ4n) is 2.09. The van der Waals surface area contributed by atoms with E-state index in [4.69, 9.17) is 5.73 Å². The first kappa shape index (κ1) is 13.5. The Morgan fingerprint density at radius 3 is 2.82 bits per heavy atom. The van der Waals surface area contributed by atoms with Crippen LogP contribution in [0.2, 0.25) is 0 Å². The molecule has 1 saturated heterocycles. The molecular formula is C11H19N3O3. The molecule has 1 aliphatic heterocycles. The minimum atomic E-state index is -0.681. The SMILES string of the molecule is CCCN1/C(=N/C(N)=O)CCC1CC(=O)OC. The van der Waals surface area contributed by atoms with E-state index in [-0.39, 0.29) is 12.0 Å². The van der Waals surface area contributed by atoms with Crippen molar-refractivity contribution in [1.29, 1.82) is 0 Å². The van der Waals surface area contributed by atoms with E-state index in [1.54, 1.807) is 0 Å². The van der Waals surface area contributed by atoms with Crippen LogP contribution in [0, 0.1) is 0 Å². The second kappa shape index (κ2) is 6.22. The summed E-state index contributed by atoms with van der Waals surface area (Å²) in [5.41, 5.74) is 5.06. The van der Waals surface area contributed by atoms with Crippen LogP contribution in [0.15, 0.2) is 4.99 Å². The van der Waals surface area contributed by atoms with E-state index in [9.17, 15) is 9.59 Å². The lowest BCUT2D eigenvalue weighted by molar-refractivity contribution is -0.141. The third-order valence-electron chi connectivity index (χ3n) is 2.81. The highest BCUT2D eigenvalue weighted by Gasteiger charge is 2.30. The van der Waals surface area contributed by atoms with Gasteiger partial charge in [0.15, 0.2) is 0 Å². The van der Waals surface area contributed by atoms with E-state index in [1.165, 1.54) is 7.11 Å². The zero-order valence-electron chi connectivity index (χ0n) is 10.3. The summed E-state index contributed by atoms with van der Waals surface area (Å²) in [7, 11) is 1.37. The van der Waals surface area contributed by atoms with E-state index < -0.39 is 6.03 Å². The van der Waals surface area contributed by atoms with Crippen molar-refractivity contribution in [3.8, 4) is 0 Å². The van der Waals surface area contributed by atoms with Gasteiger partial charge in [-0.2, -0.15) is 4.99 Å². The van der Waals surface area contributed by atoms with E-state index >= 15 is 0 Å². The number of amides is 2. The molecule has 1 atom stereocenters. The van der Waals surface area contributed by atoms with Crippen molar-refractivity contribution in [1.82, 2.24) is 4.90 Å². The second-order valence-electron chi connectivity index (χ2n) is 4.03. The number of primary amides is 1. The molecule has 0 spiro atoms. The third kappa shape index (κ3) is 3.72. The van der Waals surface area contributed by atoms with Crippen molar-refractivity contribution in [2.24, 2.45) is 10.7 Å².